The number of nitrogens with one attached hydrogen (secondary N) is 1. The second-order valence-electron chi connectivity index (χ2n) is 7.05. The van der Waals surface area contributed by atoms with E-state index < -0.39 is 17.3 Å². The lowest BCUT2D eigenvalue weighted by molar-refractivity contribution is -0.0729. The lowest BCUT2D eigenvalue weighted by Crippen LogP contribution is -2.51. The third kappa shape index (κ3) is 3.20. The van der Waals surface area contributed by atoms with Gasteiger partial charge in [0, 0.05) is 18.2 Å². The second kappa shape index (κ2) is 6.64. The Hall–Kier alpha value is -2.41. The summed E-state index contributed by atoms with van der Waals surface area (Å²) >= 11 is 0. The van der Waals surface area contributed by atoms with Gasteiger partial charge in [0.2, 0.25) is 0 Å². The maximum Gasteiger partial charge on any atom is 0.413 e. The van der Waals surface area contributed by atoms with Crippen LogP contribution in [0, 0.1) is 0 Å². The number of rotatable bonds is 3. The monoisotopic (exact) mass is 375 g/mol. The zero-order valence-electron chi connectivity index (χ0n) is 14.9. The van der Waals surface area contributed by atoms with Crippen molar-refractivity contribution in [1.29, 1.82) is 0 Å². The van der Waals surface area contributed by atoms with E-state index in [1.165, 1.54) is 4.57 Å². The Bertz CT molecular complexity index is 1040. The van der Waals surface area contributed by atoms with Crippen LogP contribution < -0.4 is 21.4 Å². The van der Waals surface area contributed by atoms with Crippen LogP contribution in [-0.4, -0.2) is 15.7 Å². The first-order chi connectivity index (χ1) is 12.9. The highest BCUT2D eigenvalue weighted by Gasteiger charge is 2.37. The maximum atomic E-state index is 13.3. The number of fused-ring (bicyclic) bond motifs is 2. The largest absolute Gasteiger partial charge is 0.413 e. The zero-order valence-corrected chi connectivity index (χ0v) is 14.9. The third-order valence-corrected chi connectivity index (χ3v) is 5.31. The second-order valence-corrected chi connectivity index (χ2v) is 7.05. The average Bonchev–Trinajstić information content (AvgIpc) is 3.04. The summed E-state index contributed by atoms with van der Waals surface area (Å²) in [6, 6.07) is 9.76. The zero-order chi connectivity index (χ0) is 19.2. The molecule has 2 atom stereocenters. The first-order valence-electron chi connectivity index (χ1n) is 9.08. The van der Waals surface area contributed by atoms with Crippen molar-refractivity contribution in [2.45, 2.75) is 51.0 Å². The first kappa shape index (κ1) is 18.0. The van der Waals surface area contributed by atoms with Crippen LogP contribution in [0.5, 0.6) is 0 Å². The molecule has 27 heavy (non-hydrogen) atoms. The molecule has 0 spiro atoms. The lowest BCUT2D eigenvalue weighted by atomic mass is 10.0. The minimum absolute atomic E-state index is 0.0389. The van der Waals surface area contributed by atoms with E-state index in [-0.39, 0.29) is 35.5 Å². The maximum absolute atomic E-state index is 13.3. The molecule has 142 valence electrons. The molecule has 1 unspecified atom stereocenters. The Kier molecular flexibility index (Phi) is 4.42. The van der Waals surface area contributed by atoms with Gasteiger partial charge in [-0.2, -0.15) is 13.2 Å². The van der Waals surface area contributed by atoms with Crippen molar-refractivity contribution >= 4 is 11.6 Å². The topological polar surface area (TPSA) is 46.9 Å². The number of nitrogens with zero attached hydrogens (tertiary/aromatic N) is 2. The van der Waals surface area contributed by atoms with E-state index in [0.29, 0.717) is 18.8 Å². The van der Waals surface area contributed by atoms with Gasteiger partial charge in [-0.05, 0) is 31.7 Å². The molecule has 1 aliphatic heterocycles. The van der Waals surface area contributed by atoms with Crippen LogP contribution in [0.3, 0.4) is 0 Å². The van der Waals surface area contributed by atoms with Crippen LogP contribution in [-0.2, 0) is 6.54 Å². The summed E-state index contributed by atoms with van der Waals surface area (Å²) in [5.41, 5.74) is -0.215. The highest BCUT2D eigenvalue weighted by molar-refractivity contribution is 5.54. The molecule has 2 aliphatic rings. The predicted molar refractivity (Wildman–Crippen MR) is 96.3 cm³/mol. The summed E-state index contributed by atoms with van der Waals surface area (Å²) in [6.07, 6.45) is -2.15. The fraction of sp³-hybridized carbons (Fsp3) is 0.400. The van der Waals surface area contributed by atoms with Gasteiger partial charge in [-0.25, -0.2) is 4.98 Å². The van der Waals surface area contributed by atoms with Crippen molar-refractivity contribution in [1.82, 2.24) is 14.9 Å². The van der Waals surface area contributed by atoms with Crippen molar-refractivity contribution in [2.24, 2.45) is 0 Å². The number of benzene rings is 1. The Morgan fingerprint density at radius 3 is 2.70 bits per heavy atom. The van der Waals surface area contributed by atoms with Crippen LogP contribution >= 0.6 is 0 Å². The van der Waals surface area contributed by atoms with Crippen LogP contribution in [0.15, 0.2) is 35.1 Å². The van der Waals surface area contributed by atoms with Gasteiger partial charge in [-0.3, -0.25) is 9.36 Å². The van der Waals surface area contributed by atoms with E-state index in [2.05, 4.69) is 10.3 Å². The minimum Gasteiger partial charge on any atom is -0.301 e. The van der Waals surface area contributed by atoms with Crippen molar-refractivity contribution in [3.63, 3.8) is 0 Å². The highest BCUT2D eigenvalue weighted by atomic mass is 19.4. The summed E-state index contributed by atoms with van der Waals surface area (Å²) in [5.74, 6) is 0.529. The van der Waals surface area contributed by atoms with E-state index in [4.69, 9.17) is 0 Å². The Morgan fingerprint density at radius 1 is 1.26 bits per heavy atom. The molecule has 2 heterocycles. The van der Waals surface area contributed by atoms with Gasteiger partial charge in [0.25, 0.3) is 5.56 Å². The predicted octanol–water partition coefficient (Wildman–Crippen LogP) is 2.33. The molecule has 1 aromatic heterocycles. The summed E-state index contributed by atoms with van der Waals surface area (Å²) in [5, 5.41) is 3.36. The standard InChI is InChI=1S/C20H20F3N3O/c1-12(13-6-3-2-4-7-13)24-16-10-11-26-18(16)25-15-9-5-8-14(20(21,22)23)17(15)19(26)27/h2-4,6-7,9,12,16,24H,5,8,10-11H2,1H3/t12-,16?/m0/s1. The fourth-order valence-electron chi connectivity index (χ4n) is 3.95. The van der Waals surface area contributed by atoms with Gasteiger partial charge in [0.05, 0.1) is 16.6 Å². The van der Waals surface area contributed by atoms with Crippen molar-refractivity contribution < 1.29 is 13.2 Å². The van der Waals surface area contributed by atoms with Crippen LogP contribution in [0.2, 0.25) is 0 Å². The van der Waals surface area contributed by atoms with Crippen molar-refractivity contribution in [3.05, 3.63) is 62.6 Å². The average molecular weight is 375 g/mol. The molecule has 4 nitrogen and oxygen atoms in total. The molecule has 4 rings (SSSR count). The van der Waals surface area contributed by atoms with Crippen LogP contribution in [0.1, 0.15) is 49.7 Å². The molecule has 0 saturated heterocycles. The van der Waals surface area contributed by atoms with Crippen LogP contribution in [0.4, 0.5) is 13.2 Å². The SMILES string of the molecule is C[C@H](NC1CCn2c1nc1c(c2=O)=C(C(F)(F)F)CCC=1)c1ccccc1. The molecular weight excluding hydrogens is 355 g/mol. The third-order valence-electron chi connectivity index (χ3n) is 5.31. The molecular formula is C20H20F3N3O. The number of aromatic nitrogens is 2. The first-order valence-corrected chi connectivity index (χ1v) is 9.08. The number of halogens is 3. The Morgan fingerprint density at radius 2 is 2.00 bits per heavy atom. The van der Waals surface area contributed by atoms with Gasteiger partial charge in [0.1, 0.15) is 5.82 Å². The molecule has 1 aliphatic carbocycles. The van der Waals surface area contributed by atoms with E-state index in [0.717, 1.165) is 5.56 Å². The van der Waals surface area contributed by atoms with E-state index in [9.17, 15) is 18.0 Å². The Balaban J connectivity index is 1.77. The van der Waals surface area contributed by atoms with Gasteiger partial charge in [-0.15, -0.1) is 0 Å². The van der Waals surface area contributed by atoms with Gasteiger partial charge < -0.3 is 5.32 Å². The molecule has 0 radical (unpaired) electrons. The molecule has 0 fully saturated rings. The van der Waals surface area contributed by atoms with Gasteiger partial charge in [-0.1, -0.05) is 36.4 Å². The van der Waals surface area contributed by atoms with E-state index in [1.54, 1.807) is 6.08 Å². The minimum atomic E-state index is -4.50. The van der Waals surface area contributed by atoms with Gasteiger partial charge in [0.15, 0.2) is 0 Å². The van der Waals surface area contributed by atoms with Crippen LogP contribution in [0.25, 0.3) is 11.6 Å². The summed E-state index contributed by atoms with van der Waals surface area (Å²) in [6.45, 7) is 2.40. The molecule has 0 saturated carbocycles. The summed E-state index contributed by atoms with van der Waals surface area (Å²) < 4.78 is 41.4. The summed E-state index contributed by atoms with van der Waals surface area (Å²) in [7, 11) is 0. The Labute approximate surface area is 154 Å². The smallest absolute Gasteiger partial charge is 0.301 e. The van der Waals surface area contributed by atoms with E-state index in [1.807, 2.05) is 37.3 Å². The van der Waals surface area contributed by atoms with Crippen molar-refractivity contribution in [3.8, 4) is 0 Å². The van der Waals surface area contributed by atoms with Crippen molar-refractivity contribution in [2.75, 3.05) is 0 Å². The number of hydrogen-bond acceptors (Lipinski definition) is 3. The lowest BCUT2D eigenvalue weighted by Gasteiger charge is -2.20. The highest BCUT2D eigenvalue weighted by Crippen LogP contribution is 2.30. The summed E-state index contributed by atoms with van der Waals surface area (Å²) in [4.78, 5) is 17.3. The molecule has 7 heteroatoms. The van der Waals surface area contributed by atoms with E-state index >= 15 is 0 Å². The normalized spacial score (nSPS) is 20.0. The fourth-order valence-corrected chi connectivity index (χ4v) is 3.95. The molecule has 0 amide bonds. The number of hydrogen-bond donors (Lipinski definition) is 1. The molecule has 2 aromatic rings. The molecule has 1 aromatic carbocycles. The van der Waals surface area contributed by atoms with Gasteiger partial charge >= 0.3 is 6.18 Å². The molecule has 0 bridgehead atoms. The number of alkyl halides is 3. The molecule has 1 N–H and O–H groups in total. The quantitative estimate of drug-likeness (QED) is 0.896.